The molecule has 4 heteroatoms. The molecule has 1 aromatic carbocycles. The molecule has 0 bridgehead atoms. The lowest BCUT2D eigenvalue weighted by Gasteiger charge is -2.21. The molecule has 0 radical (unpaired) electrons. The Hall–Kier alpha value is -1.55. The van der Waals surface area contributed by atoms with Crippen LogP contribution in [0.2, 0.25) is 0 Å². The van der Waals surface area contributed by atoms with Gasteiger partial charge in [-0.2, -0.15) is 0 Å². The average molecular weight is 248 g/mol. The minimum absolute atomic E-state index is 0.457. The van der Waals surface area contributed by atoms with E-state index in [9.17, 15) is 4.79 Å². The van der Waals surface area contributed by atoms with Crippen molar-refractivity contribution in [2.45, 2.75) is 25.9 Å². The fourth-order valence-corrected chi connectivity index (χ4v) is 2.33. The van der Waals surface area contributed by atoms with Crippen molar-refractivity contribution in [1.82, 2.24) is 4.90 Å². The van der Waals surface area contributed by atoms with Gasteiger partial charge in [-0.1, -0.05) is 12.1 Å². The molecule has 2 rings (SSSR count). The zero-order valence-electron chi connectivity index (χ0n) is 11.2. The normalized spacial score (nSPS) is 15.9. The minimum Gasteiger partial charge on any atom is -0.480 e. The molecule has 0 aromatic heterocycles. The maximum Gasteiger partial charge on any atom is 0.320 e. The van der Waals surface area contributed by atoms with E-state index in [1.807, 2.05) is 11.9 Å². The summed E-state index contributed by atoms with van der Waals surface area (Å²) >= 11 is 0. The molecule has 1 aromatic rings. The van der Waals surface area contributed by atoms with Crippen LogP contribution in [0.5, 0.6) is 0 Å². The van der Waals surface area contributed by atoms with E-state index in [1.54, 1.807) is 6.92 Å². The lowest BCUT2D eigenvalue weighted by molar-refractivity contribution is -0.142. The second-order valence-electron chi connectivity index (χ2n) is 5.06. The molecule has 1 N–H and O–H groups in total. The van der Waals surface area contributed by atoms with E-state index in [1.165, 1.54) is 16.8 Å². The number of carboxylic acid groups (broad SMARTS) is 1. The molecule has 4 nitrogen and oxygen atoms in total. The zero-order valence-corrected chi connectivity index (χ0v) is 11.2. The van der Waals surface area contributed by atoms with E-state index >= 15 is 0 Å². The Morgan fingerprint density at radius 1 is 1.56 bits per heavy atom. The predicted octanol–water partition coefficient (Wildman–Crippen LogP) is 1.58. The maximum absolute atomic E-state index is 10.9. The van der Waals surface area contributed by atoms with Gasteiger partial charge in [0, 0.05) is 25.8 Å². The van der Waals surface area contributed by atoms with Crippen LogP contribution in [0.4, 0.5) is 5.69 Å². The van der Waals surface area contributed by atoms with E-state index in [0.29, 0.717) is 6.54 Å². The van der Waals surface area contributed by atoms with Crippen molar-refractivity contribution < 1.29 is 9.90 Å². The Morgan fingerprint density at radius 2 is 2.28 bits per heavy atom. The molecule has 0 spiro atoms. The molecule has 0 amide bonds. The highest BCUT2D eigenvalue weighted by Gasteiger charge is 2.19. The predicted molar refractivity (Wildman–Crippen MR) is 72.0 cm³/mol. The molecule has 0 saturated carbocycles. The summed E-state index contributed by atoms with van der Waals surface area (Å²) in [5.74, 6) is -0.779. The van der Waals surface area contributed by atoms with Gasteiger partial charge in [0.1, 0.15) is 6.04 Å². The van der Waals surface area contributed by atoms with E-state index in [-0.39, 0.29) is 0 Å². The number of hydrogen-bond acceptors (Lipinski definition) is 3. The quantitative estimate of drug-likeness (QED) is 0.878. The lowest BCUT2D eigenvalue weighted by Crippen LogP contribution is -2.35. The standard InChI is InChI=1S/C14H20N2O2/c1-10(14(17)18)16(3)9-11-4-5-13-12(8-11)6-7-15(13)2/h4-5,8,10H,6-7,9H2,1-3H3,(H,17,18). The van der Waals surface area contributed by atoms with Crippen molar-refractivity contribution in [1.29, 1.82) is 0 Å². The Labute approximate surface area is 108 Å². The van der Waals surface area contributed by atoms with Gasteiger partial charge in [-0.05, 0) is 37.6 Å². The van der Waals surface area contributed by atoms with Crippen molar-refractivity contribution in [3.05, 3.63) is 29.3 Å². The molecule has 1 atom stereocenters. The Bertz CT molecular complexity index is 459. The first-order valence-electron chi connectivity index (χ1n) is 6.25. The van der Waals surface area contributed by atoms with E-state index in [4.69, 9.17) is 5.11 Å². The summed E-state index contributed by atoms with van der Waals surface area (Å²) in [7, 11) is 3.95. The summed E-state index contributed by atoms with van der Waals surface area (Å²) in [6.45, 7) is 3.45. The van der Waals surface area contributed by atoms with Crippen LogP contribution in [-0.4, -0.2) is 42.7 Å². The number of anilines is 1. The van der Waals surface area contributed by atoms with Crippen LogP contribution in [0.1, 0.15) is 18.1 Å². The second kappa shape index (κ2) is 4.98. The maximum atomic E-state index is 10.9. The third kappa shape index (κ3) is 2.48. The van der Waals surface area contributed by atoms with Gasteiger partial charge in [0.2, 0.25) is 0 Å². The number of aliphatic carboxylic acids is 1. The number of nitrogens with zero attached hydrogens (tertiary/aromatic N) is 2. The molecular weight excluding hydrogens is 228 g/mol. The first-order valence-corrected chi connectivity index (χ1v) is 6.25. The SMILES string of the molecule is CC(C(=O)O)N(C)Cc1ccc2c(c1)CCN2C. The largest absolute Gasteiger partial charge is 0.480 e. The molecule has 0 saturated heterocycles. The number of hydrogen-bond donors (Lipinski definition) is 1. The molecular formula is C14H20N2O2. The Kier molecular flexibility index (Phi) is 3.57. The van der Waals surface area contributed by atoms with Crippen LogP contribution >= 0.6 is 0 Å². The molecule has 0 fully saturated rings. The Morgan fingerprint density at radius 3 is 2.94 bits per heavy atom. The number of rotatable bonds is 4. The highest BCUT2D eigenvalue weighted by molar-refractivity contribution is 5.72. The fraction of sp³-hybridized carbons (Fsp3) is 0.500. The summed E-state index contributed by atoms with van der Waals surface area (Å²) in [5, 5.41) is 8.97. The summed E-state index contributed by atoms with van der Waals surface area (Å²) in [4.78, 5) is 15.0. The number of fused-ring (bicyclic) bond motifs is 1. The number of benzene rings is 1. The molecule has 1 aliphatic rings. The summed E-state index contributed by atoms with van der Waals surface area (Å²) in [6.07, 6.45) is 1.08. The van der Waals surface area contributed by atoms with Crippen molar-refractivity contribution >= 4 is 11.7 Å². The van der Waals surface area contributed by atoms with Gasteiger partial charge in [-0.25, -0.2) is 0 Å². The second-order valence-corrected chi connectivity index (χ2v) is 5.06. The monoisotopic (exact) mass is 248 g/mol. The zero-order chi connectivity index (χ0) is 13.3. The van der Waals surface area contributed by atoms with Crippen LogP contribution in [-0.2, 0) is 17.8 Å². The summed E-state index contributed by atoms with van der Waals surface area (Å²) < 4.78 is 0. The third-order valence-corrected chi connectivity index (χ3v) is 3.72. The van der Waals surface area contributed by atoms with Crippen LogP contribution in [0.3, 0.4) is 0 Å². The van der Waals surface area contributed by atoms with Gasteiger partial charge in [0.05, 0.1) is 0 Å². The van der Waals surface area contributed by atoms with Crippen molar-refractivity contribution in [3.8, 4) is 0 Å². The van der Waals surface area contributed by atoms with Crippen LogP contribution in [0.25, 0.3) is 0 Å². The van der Waals surface area contributed by atoms with Crippen LogP contribution < -0.4 is 4.90 Å². The van der Waals surface area contributed by atoms with Gasteiger partial charge >= 0.3 is 5.97 Å². The van der Waals surface area contributed by atoms with Crippen molar-refractivity contribution in [2.75, 3.05) is 25.5 Å². The van der Waals surface area contributed by atoms with Crippen molar-refractivity contribution in [3.63, 3.8) is 0 Å². The number of carbonyl (C=O) groups is 1. The third-order valence-electron chi connectivity index (χ3n) is 3.72. The molecule has 1 aliphatic heterocycles. The van der Waals surface area contributed by atoms with E-state index in [0.717, 1.165) is 13.0 Å². The van der Waals surface area contributed by atoms with Crippen molar-refractivity contribution in [2.24, 2.45) is 0 Å². The molecule has 0 aliphatic carbocycles. The minimum atomic E-state index is -0.779. The fourth-order valence-electron chi connectivity index (χ4n) is 2.33. The highest BCUT2D eigenvalue weighted by Crippen LogP contribution is 2.27. The van der Waals surface area contributed by atoms with Gasteiger partial charge in [0.15, 0.2) is 0 Å². The smallest absolute Gasteiger partial charge is 0.320 e. The van der Waals surface area contributed by atoms with Gasteiger partial charge < -0.3 is 10.0 Å². The number of carboxylic acids is 1. The molecule has 18 heavy (non-hydrogen) atoms. The first-order chi connectivity index (χ1) is 8.49. The van der Waals surface area contributed by atoms with Gasteiger partial charge in [0.25, 0.3) is 0 Å². The summed E-state index contributed by atoms with van der Waals surface area (Å²) in [5.41, 5.74) is 3.85. The van der Waals surface area contributed by atoms with Crippen LogP contribution in [0, 0.1) is 0 Å². The van der Waals surface area contributed by atoms with Gasteiger partial charge in [-0.3, -0.25) is 9.69 Å². The van der Waals surface area contributed by atoms with Crippen LogP contribution in [0.15, 0.2) is 18.2 Å². The lowest BCUT2D eigenvalue weighted by atomic mass is 10.1. The topological polar surface area (TPSA) is 43.8 Å². The first kappa shape index (κ1) is 12.9. The van der Waals surface area contributed by atoms with E-state index in [2.05, 4.69) is 30.1 Å². The molecule has 1 heterocycles. The van der Waals surface area contributed by atoms with Gasteiger partial charge in [-0.15, -0.1) is 0 Å². The Balaban J connectivity index is 2.09. The highest BCUT2D eigenvalue weighted by atomic mass is 16.4. The summed E-state index contributed by atoms with van der Waals surface area (Å²) in [6, 6.07) is 5.97. The van der Waals surface area contributed by atoms with E-state index < -0.39 is 12.0 Å². The molecule has 98 valence electrons. The number of likely N-dealkylation sites (N-methyl/N-ethyl adjacent to an activating group) is 2. The average Bonchev–Trinajstić information content (AvgIpc) is 2.69. The molecule has 1 unspecified atom stereocenters.